The van der Waals surface area contributed by atoms with Crippen LogP contribution in [0.2, 0.25) is 0 Å². The first-order chi connectivity index (χ1) is 13.8. The number of thiophene rings is 1. The second-order valence-electron chi connectivity index (χ2n) is 6.88. The molecule has 0 spiro atoms. The van der Waals surface area contributed by atoms with Gasteiger partial charge in [0.05, 0.1) is 0 Å². The number of aromatic nitrogens is 1. The topological polar surface area (TPSA) is 43.7 Å². The molecule has 1 aliphatic rings. The van der Waals surface area contributed by atoms with Crippen molar-refractivity contribution in [3.63, 3.8) is 0 Å². The molecule has 1 saturated heterocycles. The molecule has 6 heteroatoms. The SMILES string of the molecule is O=c1cc(OCc2ccsc2)ccn1-c1ccc(OCCN2CCCC2)cc1. The molecule has 0 bridgehead atoms. The zero-order valence-electron chi connectivity index (χ0n) is 15.8. The van der Waals surface area contributed by atoms with Gasteiger partial charge in [-0.05, 0) is 78.7 Å². The summed E-state index contributed by atoms with van der Waals surface area (Å²) < 4.78 is 13.1. The van der Waals surface area contributed by atoms with Crippen LogP contribution in [0.25, 0.3) is 5.69 Å². The van der Waals surface area contributed by atoms with Crippen molar-refractivity contribution in [3.8, 4) is 17.2 Å². The van der Waals surface area contributed by atoms with Crippen LogP contribution in [0.5, 0.6) is 11.5 Å². The van der Waals surface area contributed by atoms with Gasteiger partial charge in [-0.2, -0.15) is 11.3 Å². The molecule has 3 aromatic rings. The Labute approximate surface area is 168 Å². The zero-order chi connectivity index (χ0) is 19.2. The fourth-order valence-corrected chi connectivity index (χ4v) is 3.96. The average Bonchev–Trinajstić information content (AvgIpc) is 3.41. The third-order valence-electron chi connectivity index (χ3n) is 4.87. The summed E-state index contributed by atoms with van der Waals surface area (Å²) >= 11 is 1.63. The van der Waals surface area contributed by atoms with Crippen LogP contribution in [0, 0.1) is 0 Å². The van der Waals surface area contributed by atoms with Crippen LogP contribution in [0.15, 0.2) is 64.2 Å². The highest BCUT2D eigenvalue weighted by atomic mass is 32.1. The summed E-state index contributed by atoms with van der Waals surface area (Å²) in [6, 6.07) is 13.0. The van der Waals surface area contributed by atoms with E-state index in [2.05, 4.69) is 4.90 Å². The van der Waals surface area contributed by atoms with Crippen molar-refractivity contribution in [1.29, 1.82) is 0 Å². The van der Waals surface area contributed by atoms with Crippen molar-refractivity contribution < 1.29 is 9.47 Å². The van der Waals surface area contributed by atoms with E-state index in [1.165, 1.54) is 32.0 Å². The van der Waals surface area contributed by atoms with Gasteiger partial charge >= 0.3 is 0 Å². The first-order valence-electron chi connectivity index (χ1n) is 9.60. The maximum atomic E-state index is 12.5. The summed E-state index contributed by atoms with van der Waals surface area (Å²) in [6.07, 6.45) is 4.33. The summed E-state index contributed by atoms with van der Waals surface area (Å²) in [6.45, 7) is 4.48. The molecule has 4 rings (SSSR count). The van der Waals surface area contributed by atoms with E-state index in [4.69, 9.17) is 9.47 Å². The van der Waals surface area contributed by atoms with Crippen LogP contribution in [0.1, 0.15) is 18.4 Å². The van der Waals surface area contributed by atoms with Crippen molar-refractivity contribution in [3.05, 3.63) is 75.3 Å². The van der Waals surface area contributed by atoms with E-state index in [1.807, 2.05) is 47.2 Å². The van der Waals surface area contributed by atoms with E-state index in [1.54, 1.807) is 22.1 Å². The fraction of sp³-hybridized carbons (Fsp3) is 0.318. The molecule has 0 amide bonds. The van der Waals surface area contributed by atoms with Gasteiger partial charge in [0.15, 0.2) is 0 Å². The molecule has 0 atom stereocenters. The molecular weight excluding hydrogens is 372 g/mol. The molecule has 0 saturated carbocycles. The lowest BCUT2D eigenvalue weighted by Crippen LogP contribution is -2.25. The van der Waals surface area contributed by atoms with Gasteiger partial charge in [0.1, 0.15) is 24.7 Å². The van der Waals surface area contributed by atoms with Gasteiger partial charge < -0.3 is 9.47 Å². The standard InChI is InChI=1S/C22H24N2O3S/c25-22-15-21(27-16-18-8-14-28-17-18)7-11-24(22)19-3-5-20(6-4-19)26-13-12-23-9-1-2-10-23/h3-8,11,14-15,17H,1-2,9-10,12-13,16H2. The Morgan fingerprint density at radius 3 is 2.50 bits per heavy atom. The van der Waals surface area contributed by atoms with Gasteiger partial charge in [-0.25, -0.2) is 0 Å². The van der Waals surface area contributed by atoms with Crippen molar-refractivity contribution in [1.82, 2.24) is 9.47 Å². The summed E-state index contributed by atoms with van der Waals surface area (Å²) in [5.74, 6) is 1.40. The average molecular weight is 397 g/mol. The zero-order valence-corrected chi connectivity index (χ0v) is 16.6. The first-order valence-corrected chi connectivity index (χ1v) is 10.5. The third kappa shape index (κ3) is 4.82. The van der Waals surface area contributed by atoms with Crippen LogP contribution in [-0.2, 0) is 6.61 Å². The molecule has 2 aromatic heterocycles. The van der Waals surface area contributed by atoms with Crippen molar-refractivity contribution >= 4 is 11.3 Å². The minimum atomic E-state index is -0.120. The van der Waals surface area contributed by atoms with E-state index in [-0.39, 0.29) is 5.56 Å². The molecular formula is C22H24N2O3S. The van der Waals surface area contributed by atoms with Crippen molar-refractivity contribution in [2.45, 2.75) is 19.4 Å². The lowest BCUT2D eigenvalue weighted by Gasteiger charge is -2.15. The normalized spacial score (nSPS) is 14.3. The van der Waals surface area contributed by atoms with E-state index >= 15 is 0 Å². The van der Waals surface area contributed by atoms with Gasteiger partial charge in [0.2, 0.25) is 0 Å². The molecule has 0 unspecified atom stereocenters. The number of ether oxygens (including phenoxy) is 2. The molecule has 1 aliphatic heterocycles. The maximum absolute atomic E-state index is 12.5. The van der Waals surface area contributed by atoms with Gasteiger partial charge in [-0.1, -0.05) is 0 Å². The van der Waals surface area contributed by atoms with E-state index in [9.17, 15) is 4.79 Å². The lowest BCUT2D eigenvalue weighted by molar-refractivity contribution is 0.238. The highest BCUT2D eigenvalue weighted by Crippen LogP contribution is 2.17. The highest BCUT2D eigenvalue weighted by molar-refractivity contribution is 7.07. The number of nitrogens with zero attached hydrogens (tertiary/aromatic N) is 2. The molecule has 1 aromatic carbocycles. The first kappa shape index (κ1) is 18.8. The summed E-state index contributed by atoms with van der Waals surface area (Å²) in [4.78, 5) is 14.9. The second kappa shape index (κ2) is 9.08. The molecule has 146 valence electrons. The minimum absolute atomic E-state index is 0.120. The van der Waals surface area contributed by atoms with E-state index in [0.717, 1.165) is 23.5 Å². The summed E-state index contributed by atoms with van der Waals surface area (Å²) in [5, 5.41) is 4.05. The Bertz CT molecular complexity index is 929. The van der Waals surface area contributed by atoms with E-state index in [0.29, 0.717) is 19.0 Å². The number of benzene rings is 1. The fourth-order valence-electron chi connectivity index (χ4n) is 3.31. The largest absolute Gasteiger partial charge is 0.492 e. The van der Waals surface area contributed by atoms with Crippen LogP contribution >= 0.6 is 11.3 Å². The molecule has 0 N–H and O–H groups in total. The van der Waals surface area contributed by atoms with Crippen molar-refractivity contribution in [2.24, 2.45) is 0 Å². The minimum Gasteiger partial charge on any atom is -0.492 e. The van der Waals surface area contributed by atoms with Crippen LogP contribution in [-0.4, -0.2) is 35.7 Å². The Balaban J connectivity index is 1.34. The summed E-state index contributed by atoms with van der Waals surface area (Å²) in [7, 11) is 0. The van der Waals surface area contributed by atoms with Crippen molar-refractivity contribution in [2.75, 3.05) is 26.2 Å². The van der Waals surface area contributed by atoms with Gasteiger partial charge in [-0.15, -0.1) is 0 Å². The van der Waals surface area contributed by atoms with Crippen LogP contribution in [0.4, 0.5) is 0 Å². The van der Waals surface area contributed by atoms with E-state index < -0.39 is 0 Å². The lowest BCUT2D eigenvalue weighted by atomic mass is 10.3. The molecule has 5 nitrogen and oxygen atoms in total. The van der Waals surface area contributed by atoms with Crippen LogP contribution in [0.3, 0.4) is 0 Å². The highest BCUT2D eigenvalue weighted by Gasteiger charge is 2.10. The smallest absolute Gasteiger partial charge is 0.258 e. The van der Waals surface area contributed by atoms with Gasteiger partial charge in [0.25, 0.3) is 5.56 Å². The second-order valence-corrected chi connectivity index (χ2v) is 7.66. The predicted molar refractivity (Wildman–Crippen MR) is 112 cm³/mol. The Kier molecular flexibility index (Phi) is 6.09. The Morgan fingerprint density at radius 2 is 1.79 bits per heavy atom. The number of pyridine rings is 1. The number of hydrogen-bond acceptors (Lipinski definition) is 5. The number of hydrogen-bond donors (Lipinski definition) is 0. The monoisotopic (exact) mass is 396 g/mol. The number of likely N-dealkylation sites (tertiary alicyclic amines) is 1. The van der Waals surface area contributed by atoms with Gasteiger partial charge in [0, 0.05) is 24.5 Å². The van der Waals surface area contributed by atoms with Gasteiger partial charge in [-0.3, -0.25) is 14.3 Å². The molecule has 0 aliphatic carbocycles. The quantitative estimate of drug-likeness (QED) is 0.578. The predicted octanol–water partition coefficient (Wildman–Crippen LogP) is 3.95. The van der Waals surface area contributed by atoms with Crippen LogP contribution < -0.4 is 15.0 Å². The molecule has 3 heterocycles. The number of rotatable bonds is 8. The summed E-state index contributed by atoms with van der Waals surface area (Å²) in [5.41, 5.74) is 1.79. The maximum Gasteiger partial charge on any atom is 0.258 e. The Hall–Kier alpha value is -2.57. The third-order valence-corrected chi connectivity index (χ3v) is 5.60. The molecule has 0 radical (unpaired) electrons. The Morgan fingerprint density at radius 1 is 0.964 bits per heavy atom. The molecule has 1 fully saturated rings. The molecule has 28 heavy (non-hydrogen) atoms.